The number of nitrogens with two attached hydrogens (primary N) is 1. The number of ether oxygens (including phenoxy) is 2. The second kappa shape index (κ2) is 8.28. The molecule has 0 saturated carbocycles. The minimum Gasteiger partial charge on any atom is -0.453 e. The van der Waals surface area contributed by atoms with Gasteiger partial charge in [-0.3, -0.25) is 5.32 Å². The largest absolute Gasteiger partial charge is 0.453 e. The van der Waals surface area contributed by atoms with E-state index in [9.17, 15) is 4.79 Å². The number of aromatic nitrogens is 3. The third kappa shape index (κ3) is 4.39. The van der Waals surface area contributed by atoms with Crippen LogP contribution < -0.4 is 16.4 Å². The van der Waals surface area contributed by atoms with E-state index in [-0.39, 0.29) is 5.95 Å². The van der Waals surface area contributed by atoms with Gasteiger partial charge in [0.2, 0.25) is 5.95 Å². The number of anilines is 3. The summed E-state index contributed by atoms with van der Waals surface area (Å²) >= 11 is 0. The number of nitrogens with one attached hydrogen (secondary N) is 2. The van der Waals surface area contributed by atoms with Crippen LogP contribution >= 0.6 is 0 Å². The van der Waals surface area contributed by atoms with Gasteiger partial charge < -0.3 is 20.5 Å². The number of nitrogens with zero attached hydrogens (tertiary/aromatic N) is 3. The smallest absolute Gasteiger partial charge is 0.411 e. The Morgan fingerprint density at radius 2 is 1.85 bits per heavy atom. The standard InChI is InChI=1S/C18H20N6O3/c1-26-10-9-20-16-15-14(23-17(19)24-16)8-7-13(22-15)11-3-5-12(6-4-11)21-18(25)27-2/h3-8H,9-10H2,1-2H3,(H,21,25)(H3,19,20,23,24). The van der Waals surface area contributed by atoms with Gasteiger partial charge in [0, 0.05) is 24.9 Å². The van der Waals surface area contributed by atoms with Crippen molar-refractivity contribution in [2.45, 2.75) is 0 Å². The first-order chi connectivity index (χ1) is 13.1. The van der Waals surface area contributed by atoms with E-state index in [4.69, 9.17) is 10.5 Å². The molecule has 27 heavy (non-hydrogen) atoms. The highest BCUT2D eigenvalue weighted by Gasteiger charge is 2.10. The highest BCUT2D eigenvalue weighted by atomic mass is 16.5. The number of methoxy groups -OCH3 is 2. The molecule has 2 heterocycles. The van der Waals surface area contributed by atoms with Crippen molar-refractivity contribution in [3.05, 3.63) is 36.4 Å². The fraction of sp³-hybridized carbons (Fsp3) is 0.222. The Bertz CT molecular complexity index is 946. The predicted octanol–water partition coefficient (Wildman–Crippen LogP) is 2.51. The summed E-state index contributed by atoms with van der Waals surface area (Å²) in [4.78, 5) is 24.4. The lowest BCUT2D eigenvalue weighted by atomic mass is 10.1. The summed E-state index contributed by atoms with van der Waals surface area (Å²) in [5.74, 6) is 0.732. The van der Waals surface area contributed by atoms with Crippen molar-refractivity contribution in [1.82, 2.24) is 15.0 Å². The van der Waals surface area contributed by atoms with E-state index >= 15 is 0 Å². The lowest BCUT2D eigenvalue weighted by Crippen LogP contribution is -2.11. The summed E-state index contributed by atoms with van der Waals surface area (Å²) in [5, 5.41) is 5.77. The Balaban J connectivity index is 1.92. The fourth-order valence-corrected chi connectivity index (χ4v) is 2.48. The number of fused-ring (bicyclic) bond motifs is 1. The topological polar surface area (TPSA) is 124 Å². The van der Waals surface area contributed by atoms with Crippen LogP contribution in [0, 0.1) is 0 Å². The van der Waals surface area contributed by atoms with Gasteiger partial charge in [-0.05, 0) is 24.3 Å². The summed E-state index contributed by atoms with van der Waals surface area (Å²) < 4.78 is 9.63. The average Bonchev–Trinajstić information content (AvgIpc) is 2.68. The maximum absolute atomic E-state index is 11.3. The Morgan fingerprint density at radius 1 is 1.07 bits per heavy atom. The molecule has 3 aromatic rings. The second-order valence-electron chi connectivity index (χ2n) is 5.61. The van der Waals surface area contributed by atoms with Gasteiger partial charge in [0.05, 0.1) is 24.9 Å². The maximum atomic E-state index is 11.3. The van der Waals surface area contributed by atoms with Crippen LogP contribution in [0.3, 0.4) is 0 Å². The van der Waals surface area contributed by atoms with E-state index in [1.165, 1.54) is 7.11 Å². The summed E-state index contributed by atoms with van der Waals surface area (Å²) in [6, 6.07) is 11.0. The van der Waals surface area contributed by atoms with Gasteiger partial charge in [0.1, 0.15) is 5.52 Å². The van der Waals surface area contributed by atoms with Gasteiger partial charge in [-0.1, -0.05) is 12.1 Å². The number of carbonyl (C=O) groups is 1. The number of benzene rings is 1. The number of amides is 1. The number of hydrogen-bond donors (Lipinski definition) is 3. The molecule has 0 atom stereocenters. The zero-order valence-electron chi connectivity index (χ0n) is 15.0. The van der Waals surface area contributed by atoms with Crippen molar-refractivity contribution in [1.29, 1.82) is 0 Å². The van der Waals surface area contributed by atoms with E-state index in [2.05, 4.69) is 30.3 Å². The molecule has 0 aliphatic heterocycles. The van der Waals surface area contributed by atoms with Crippen molar-refractivity contribution >= 4 is 34.6 Å². The summed E-state index contributed by atoms with van der Waals surface area (Å²) in [6.45, 7) is 1.10. The summed E-state index contributed by atoms with van der Waals surface area (Å²) in [6.07, 6.45) is -0.520. The summed E-state index contributed by atoms with van der Waals surface area (Å²) in [5.41, 5.74) is 9.30. The number of nitrogen functional groups attached to an aromatic ring is 1. The van der Waals surface area contributed by atoms with Gasteiger partial charge in [-0.2, -0.15) is 4.98 Å². The van der Waals surface area contributed by atoms with E-state index in [0.29, 0.717) is 35.7 Å². The second-order valence-corrected chi connectivity index (χ2v) is 5.61. The molecule has 9 heteroatoms. The zero-order valence-corrected chi connectivity index (χ0v) is 15.0. The van der Waals surface area contributed by atoms with Gasteiger partial charge in [0.25, 0.3) is 0 Å². The minimum atomic E-state index is -0.520. The molecule has 0 saturated heterocycles. The van der Waals surface area contributed by atoms with E-state index < -0.39 is 6.09 Å². The molecule has 1 aromatic carbocycles. The van der Waals surface area contributed by atoms with Gasteiger partial charge >= 0.3 is 6.09 Å². The first-order valence-corrected chi connectivity index (χ1v) is 8.23. The van der Waals surface area contributed by atoms with E-state index in [1.54, 1.807) is 19.2 Å². The molecule has 4 N–H and O–H groups in total. The molecule has 0 spiro atoms. The van der Waals surface area contributed by atoms with Crippen LogP contribution in [0.25, 0.3) is 22.3 Å². The minimum absolute atomic E-state index is 0.176. The first-order valence-electron chi connectivity index (χ1n) is 8.23. The molecule has 0 bridgehead atoms. The molecule has 0 radical (unpaired) electrons. The normalized spacial score (nSPS) is 10.6. The maximum Gasteiger partial charge on any atom is 0.411 e. The fourth-order valence-electron chi connectivity index (χ4n) is 2.48. The van der Waals surface area contributed by atoms with Crippen molar-refractivity contribution < 1.29 is 14.3 Å². The Morgan fingerprint density at radius 3 is 2.56 bits per heavy atom. The third-order valence-corrected chi connectivity index (χ3v) is 3.77. The molecular formula is C18H20N6O3. The molecule has 2 aromatic heterocycles. The van der Waals surface area contributed by atoms with Gasteiger partial charge in [0.15, 0.2) is 5.82 Å². The molecule has 0 unspecified atom stereocenters. The average molecular weight is 368 g/mol. The van der Waals surface area contributed by atoms with E-state index in [0.717, 1.165) is 11.3 Å². The van der Waals surface area contributed by atoms with Crippen LogP contribution in [0.5, 0.6) is 0 Å². The Labute approximate surface area is 155 Å². The van der Waals surface area contributed by atoms with Crippen LogP contribution in [0.15, 0.2) is 36.4 Å². The number of carbonyl (C=O) groups excluding carboxylic acids is 1. The molecule has 0 fully saturated rings. The zero-order chi connectivity index (χ0) is 19.2. The highest BCUT2D eigenvalue weighted by molar-refractivity contribution is 5.88. The lowest BCUT2D eigenvalue weighted by molar-refractivity contribution is 0.187. The van der Waals surface area contributed by atoms with Crippen molar-refractivity contribution in [3.63, 3.8) is 0 Å². The van der Waals surface area contributed by atoms with Crippen molar-refractivity contribution in [3.8, 4) is 11.3 Å². The quantitative estimate of drug-likeness (QED) is 0.567. The number of rotatable bonds is 6. The molecule has 9 nitrogen and oxygen atoms in total. The molecule has 0 aliphatic carbocycles. The lowest BCUT2D eigenvalue weighted by Gasteiger charge is -2.10. The van der Waals surface area contributed by atoms with Gasteiger partial charge in [-0.25, -0.2) is 14.8 Å². The monoisotopic (exact) mass is 368 g/mol. The first kappa shape index (κ1) is 18.3. The number of hydrogen-bond acceptors (Lipinski definition) is 8. The predicted molar refractivity (Wildman–Crippen MR) is 104 cm³/mol. The molecular weight excluding hydrogens is 348 g/mol. The van der Waals surface area contributed by atoms with Gasteiger partial charge in [-0.15, -0.1) is 0 Å². The summed E-state index contributed by atoms with van der Waals surface area (Å²) in [7, 11) is 2.94. The molecule has 140 valence electrons. The number of pyridine rings is 1. The van der Waals surface area contributed by atoms with E-state index in [1.807, 2.05) is 24.3 Å². The van der Waals surface area contributed by atoms with Crippen molar-refractivity contribution in [2.24, 2.45) is 0 Å². The third-order valence-electron chi connectivity index (χ3n) is 3.77. The van der Waals surface area contributed by atoms with Crippen LogP contribution in [-0.4, -0.2) is 48.4 Å². The SMILES string of the molecule is COCCNc1nc(N)nc2ccc(-c3ccc(NC(=O)OC)cc3)nc12. The van der Waals surface area contributed by atoms with Crippen molar-refractivity contribution in [2.75, 3.05) is 43.7 Å². The molecule has 0 aliphatic rings. The van der Waals surface area contributed by atoms with Crippen LogP contribution in [-0.2, 0) is 9.47 Å². The van der Waals surface area contributed by atoms with Crippen LogP contribution in [0.2, 0.25) is 0 Å². The highest BCUT2D eigenvalue weighted by Crippen LogP contribution is 2.25. The van der Waals surface area contributed by atoms with Crippen LogP contribution in [0.4, 0.5) is 22.2 Å². The molecule has 3 rings (SSSR count). The van der Waals surface area contributed by atoms with Crippen LogP contribution in [0.1, 0.15) is 0 Å². The Kier molecular flexibility index (Phi) is 5.62. The molecule has 1 amide bonds. The Hall–Kier alpha value is -3.46.